The van der Waals surface area contributed by atoms with Crippen molar-refractivity contribution in [2.24, 2.45) is 0 Å². The van der Waals surface area contributed by atoms with Gasteiger partial charge in [0, 0.05) is 23.3 Å². The van der Waals surface area contributed by atoms with Gasteiger partial charge in [-0.15, -0.1) is 0 Å². The van der Waals surface area contributed by atoms with Crippen molar-refractivity contribution in [3.05, 3.63) is 58.1 Å². The van der Waals surface area contributed by atoms with Crippen molar-refractivity contribution in [2.45, 2.75) is 37.1 Å². The summed E-state index contributed by atoms with van der Waals surface area (Å²) in [4.78, 5) is 12.6. The number of hydrogen-bond acceptors (Lipinski definition) is 3. The van der Waals surface area contributed by atoms with Crippen LogP contribution in [-0.2, 0) is 10.0 Å². The van der Waals surface area contributed by atoms with Crippen LogP contribution in [0.5, 0.6) is 0 Å². The molecule has 0 spiro atoms. The topological polar surface area (TPSA) is 66.5 Å². The van der Waals surface area contributed by atoms with Gasteiger partial charge < -0.3 is 5.32 Å². The lowest BCUT2D eigenvalue weighted by molar-refractivity contribution is 0.102. The summed E-state index contributed by atoms with van der Waals surface area (Å²) in [6.07, 6.45) is 2.79. The highest BCUT2D eigenvalue weighted by atomic mass is 35.5. The van der Waals surface area contributed by atoms with Crippen LogP contribution in [0, 0.1) is 0 Å². The lowest BCUT2D eigenvalue weighted by atomic mass is 10.1. The Bertz CT molecular complexity index is 946. The molecule has 0 aromatic heterocycles. The van der Waals surface area contributed by atoms with Gasteiger partial charge >= 0.3 is 0 Å². The smallest absolute Gasteiger partial charge is 0.257 e. The van der Waals surface area contributed by atoms with Crippen molar-refractivity contribution in [3.8, 4) is 0 Å². The third-order valence-electron chi connectivity index (χ3n) is 4.64. The monoisotopic (exact) mass is 426 g/mol. The molecule has 1 amide bonds. The Morgan fingerprint density at radius 3 is 2.44 bits per heavy atom. The largest absolute Gasteiger partial charge is 0.322 e. The molecule has 1 heterocycles. The van der Waals surface area contributed by atoms with Crippen molar-refractivity contribution >= 4 is 44.8 Å². The Morgan fingerprint density at radius 1 is 1.11 bits per heavy atom. The summed E-state index contributed by atoms with van der Waals surface area (Å²) in [5.74, 6) is -0.392. The van der Waals surface area contributed by atoms with Crippen LogP contribution < -0.4 is 5.32 Å². The van der Waals surface area contributed by atoms with Crippen molar-refractivity contribution in [2.75, 3.05) is 11.9 Å². The highest BCUT2D eigenvalue weighted by Gasteiger charge is 2.30. The molecule has 144 valence electrons. The minimum absolute atomic E-state index is 0.00447. The van der Waals surface area contributed by atoms with Gasteiger partial charge in [-0.3, -0.25) is 4.79 Å². The lowest BCUT2D eigenvalue weighted by Crippen LogP contribution is -2.41. The van der Waals surface area contributed by atoms with E-state index in [0.29, 0.717) is 22.8 Å². The molecule has 1 aliphatic heterocycles. The number of sulfonamides is 1. The summed E-state index contributed by atoms with van der Waals surface area (Å²) in [5.41, 5.74) is 0.775. The predicted molar refractivity (Wildman–Crippen MR) is 108 cm³/mol. The quantitative estimate of drug-likeness (QED) is 0.762. The lowest BCUT2D eigenvalue weighted by Gasteiger charge is -2.32. The Hall–Kier alpha value is -1.60. The molecule has 0 bridgehead atoms. The third kappa shape index (κ3) is 4.46. The fourth-order valence-electron chi connectivity index (χ4n) is 3.15. The summed E-state index contributed by atoms with van der Waals surface area (Å²) in [7, 11) is -3.54. The van der Waals surface area contributed by atoms with Gasteiger partial charge in [0.05, 0.1) is 15.5 Å². The molecule has 2 aromatic rings. The second-order valence-electron chi connectivity index (χ2n) is 6.56. The molecule has 0 radical (unpaired) electrons. The van der Waals surface area contributed by atoms with E-state index < -0.39 is 15.9 Å². The van der Waals surface area contributed by atoms with E-state index in [1.807, 2.05) is 6.92 Å². The van der Waals surface area contributed by atoms with E-state index in [9.17, 15) is 13.2 Å². The van der Waals surface area contributed by atoms with Crippen LogP contribution in [0.1, 0.15) is 36.5 Å². The molecule has 2 aromatic carbocycles. The Kier molecular flexibility index (Phi) is 6.11. The van der Waals surface area contributed by atoms with E-state index in [1.54, 1.807) is 22.5 Å². The molecular weight excluding hydrogens is 407 g/mol. The number of carbonyl (C=O) groups excluding carboxylic acids is 1. The zero-order valence-corrected chi connectivity index (χ0v) is 17.1. The molecule has 3 rings (SSSR count). The van der Waals surface area contributed by atoms with Gasteiger partial charge in [0.1, 0.15) is 0 Å². The number of hydrogen-bond donors (Lipinski definition) is 1. The summed E-state index contributed by atoms with van der Waals surface area (Å²) >= 11 is 11.9. The first-order chi connectivity index (χ1) is 12.8. The minimum Gasteiger partial charge on any atom is -0.322 e. The predicted octanol–water partition coefficient (Wildman–Crippen LogP) is 4.81. The van der Waals surface area contributed by atoms with E-state index in [-0.39, 0.29) is 16.0 Å². The van der Waals surface area contributed by atoms with Crippen LogP contribution in [0.2, 0.25) is 10.0 Å². The number of benzene rings is 2. The van der Waals surface area contributed by atoms with Gasteiger partial charge in [-0.2, -0.15) is 4.31 Å². The number of piperidine rings is 1. The Labute approximate surface area is 169 Å². The van der Waals surface area contributed by atoms with Crippen molar-refractivity contribution < 1.29 is 13.2 Å². The van der Waals surface area contributed by atoms with Crippen LogP contribution in [0.3, 0.4) is 0 Å². The Morgan fingerprint density at radius 2 is 1.81 bits per heavy atom. The maximum Gasteiger partial charge on any atom is 0.257 e. The summed E-state index contributed by atoms with van der Waals surface area (Å²) < 4.78 is 27.2. The van der Waals surface area contributed by atoms with Gasteiger partial charge in [0.25, 0.3) is 5.91 Å². The van der Waals surface area contributed by atoms with Crippen molar-refractivity contribution in [3.63, 3.8) is 0 Å². The maximum absolute atomic E-state index is 12.8. The molecule has 1 saturated heterocycles. The van der Waals surface area contributed by atoms with E-state index in [4.69, 9.17) is 23.2 Å². The van der Waals surface area contributed by atoms with Crippen LogP contribution >= 0.6 is 23.2 Å². The SMILES string of the molecule is C[C@H]1CCCCN1S(=O)(=O)c1ccc(NC(=O)c2ccc(Cl)cc2Cl)cc1. The first-order valence-electron chi connectivity index (χ1n) is 8.67. The van der Waals surface area contributed by atoms with E-state index in [1.165, 1.54) is 24.3 Å². The first-order valence-corrected chi connectivity index (χ1v) is 10.9. The maximum atomic E-state index is 12.8. The second kappa shape index (κ2) is 8.19. The molecule has 1 atom stereocenters. The van der Waals surface area contributed by atoms with Gasteiger partial charge in [-0.1, -0.05) is 29.6 Å². The normalized spacial score (nSPS) is 18.3. The van der Waals surface area contributed by atoms with Gasteiger partial charge in [-0.25, -0.2) is 8.42 Å². The van der Waals surface area contributed by atoms with Gasteiger partial charge in [0.15, 0.2) is 0 Å². The zero-order valence-electron chi connectivity index (χ0n) is 14.8. The van der Waals surface area contributed by atoms with Crippen LogP contribution in [0.15, 0.2) is 47.4 Å². The number of rotatable bonds is 4. The van der Waals surface area contributed by atoms with Crippen LogP contribution in [0.4, 0.5) is 5.69 Å². The summed E-state index contributed by atoms with van der Waals surface area (Å²) in [5, 5.41) is 3.40. The van der Waals surface area contributed by atoms with Crippen molar-refractivity contribution in [1.82, 2.24) is 4.31 Å². The molecule has 8 heteroatoms. The fraction of sp³-hybridized carbons (Fsp3) is 0.316. The van der Waals surface area contributed by atoms with Gasteiger partial charge in [-0.05, 0) is 62.2 Å². The van der Waals surface area contributed by atoms with Crippen molar-refractivity contribution in [1.29, 1.82) is 0 Å². The Balaban J connectivity index is 1.76. The molecule has 0 aliphatic carbocycles. The number of nitrogens with one attached hydrogen (secondary N) is 1. The minimum atomic E-state index is -3.54. The van der Waals surface area contributed by atoms with E-state index in [2.05, 4.69) is 5.32 Å². The number of anilines is 1. The number of nitrogens with zero attached hydrogens (tertiary/aromatic N) is 1. The number of carbonyl (C=O) groups is 1. The molecule has 0 unspecified atom stereocenters. The third-order valence-corrected chi connectivity index (χ3v) is 7.21. The number of amides is 1. The first kappa shape index (κ1) is 20.1. The van der Waals surface area contributed by atoms with Crippen LogP contribution in [0.25, 0.3) is 0 Å². The second-order valence-corrected chi connectivity index (χ2v) is 9.30. The molecule has 1 fully saturated rings. The molecule has 27 heavy (non-hydrogen) atoms. The zero-order chi connectivity index (χ0) is 19.6. The van der Waals surface area contributed by atoms with E-state index in [0.717, 1.165) is 19.3 Å². The standard InChI is InChI=1S/C19H20Cl2N2O3S/c1-13-4-2-3-11-23(13)27(25,26)16-8-6-15(7-9-16)22-19(24)17-10-5-14(20)12-18(17)21/h5-10,12-13H,2-4,11H2,1H3,(H,22,24)/t13-/m0/s1. The molecular formula is C19H20Cl2N2O3S. The molecule has 1 N–H and O–H groups in total. The fourth-order valence-corrected chi connectivity index (χ4v) is 5.34. The molecule has 0 saturated carbocycles. The number of halogens is 2. The van der Waals surface area contributed by atoms with Gasteiger partial charge in [0.2, 0.25) is 10.0 Å². The average molecular weight is 427 g/mol. The molecule has 1 aliphatic rings. The highest BCUT2D eigenvalue weighted by molar-refractivity contribution is 7.89. The van der Waals surface area contributed by atoms with Crippen LogP contribution in [-0.4, -0.2) is 31.2 Å². The average Bonchev–Trinajstić information content (AvgIpc) is 2.62. The highest BCUT2D eigenvalue weighted by Crippen LogP contribution is 2.26. The molecule has 5 nitrogen and oxygen atoms in total. The summed E-state index contributed by atoms with van der Waals surface area (Å²) in [6.45, 7) is 2.47. The van der Waals surface area contributed by atoms with E-state index >= 15 is 0 Å². The summed E-state index contributed by atoms with van der Waals surface area (Å²) in [6, 6.07) is 10.8.